The van der Waals surface area contributed by atoms with Gasteiger partial charge < -0.3 is 10.3 Å². The molecule has 0 saturated carbocycles. The van der Waals surface area contributed by atoms with Gasteiger partial charge in [-0.3, -0.25) is 4.79 Å². The standard InChI is InChI=1S/C22H21N3OS/c1-2-16-9-6-10-17-18(13-24-22(16)17)19-14-27-21(25-19)11-20(26)23-12-15-7-4-3-5-8-15/h3-10,13-14,24H,2,11-12H2,1H3,(H,23,26). The van der Waals surface area contributed by atoms with Crippen LogP contribution in [0.4, 0.5) is 0 Å². The van der Waals surface area contributed by atoms with Crippen LogP contribution in [0.25, 0.3) is 22.2 Å². The summed E-state index contributed by atoms with van der Waals surface area (Å²) in [7, 11) is 0. The van der Waals surface area contributed by atoms with E-state index >= 15 is 0 Å². The van der Waals surface area contributed by atoms with E-state index in [2.05, 4.69) is 35.4 Å². The Morgan fingerprint density at radius 3 is 2.81 bits per heavy atom. The van der Waals surface area contributed by atoms with Crippen LogP contribution in [0.3, 0.4) is 0 Å². The zero-order valence-electron chi connectivity index (χ0n) is 15.2. The zero-order valence-corrected chi connectivity index (χ0v) is 16.0. The highest BCUT2D eigenvalue weighted by molar-refractivity contribution is 7.10. The predicted octanol–water partition coefficient (Wildman–Crippen LogP) is 4.71. The van der Waals surface area contributed by atoms with E-state index in [1.54, 1.807) is 0 Å². The van der Waals surface area contributed by atoms with Gasteiger partial charge in [-0.2, -0.15) is 0 Å². The van der Waals surface area contributed by atoms with Crippen LogP contribution >= 0.6 is 11.3 Å². The molecule has 2 aromatic carbocycles. The van der Waals surface area contributed by atoms with Gasteiger partial charge in [-0.25, -0.2) is 4.98 Å². The van der Waals surface area contributed by atoms with E-state index in [4.69, 9.17) is 4.98 Å². The molecule has 0 unspecified atom stereocenters. The lowest BCUT2D eigenvalue weighted by molar-refractivity contribution is -0.120. The van der Waals surface area contributed by atoms with Crippen LogP contribution in [0.15, 0.2) is 60.1 Å². The SMILES string of the molecule is CCc1cccc2c(-c3csc(CC(=O)NCc4ccccc4)n3)c[nH]c12. The first-order valence-electron chi connectivity index (χ1n) is 9.09. The molecule has 0 aliphatic carbocycles. The molecular weight excluding hydrogens is 354 g/mol. The summed E-state index contributed by atoms with van der Waals surface area (Å²) in [6.07, 6.45) is 3.30. The molecule has 0 aliphatic heterocycles. The minimum absolute atomic E-state index is 0.00745. The first kappa shape index (κ1) is 17.5. The van der Waals surface area contributed by atoms with Gasteiger partial charge in [0.15, 0.2) is 0 Å². The van der Waals surface area contributed by atoms with E-state index in [0.29, 0.717) is 13.0 Å². The van der Waals surface area contributed by atoms with Crippen molar-refractivity contribution in [3.63, 3.8) is 0 Å². The van der Waals surface area contributed by atoms with Crippen LogP contribution in [-0.2, 0) is 24.2 Å². The van der Waals surface area contributed by atoms with Crippen LogP contribution in [0.5, 0.6) is 0 Å². The summed E-state index contributed by atoms with van der Waals surface area (Å²) in [4.78, 5) is 20.3. The fourth-order valence-electron chi connectivity index (χ4n) is 3.24. The molecule has 0 bridgehead atoms. The van der Waals surface area contributed by atoms with Gasteiger partial charge in [-0.15, -0.1) is 11.3 Å². The number of carbonyl (C=O) groups excluding carboxylic acids is 1. The number of benzene rings is 2. The largest absolute Gasteiger partial charge is 0.360 e. The van der Waals surface area contributed by atoms with E-state index < -0.39 is 0 Å². The Hall–Kier alpha value is -2.92. The third-order valence-electron chi connectivity index (χ3n) is 4.65. The molecule has 2 aromatic heterocycles. The molecule has 4 rings (SSSR count). The second-order valence-electron chi connectivity index (χ2n) is 6.46. The van der Waals surface area contributed by atoms with Crippen LogP contribution in [-0.4, -0.2) is 15.9 Å². The average Bonchev–Trinajstić information content (AvgIpc) is 3.33. The summed E-state index contributed by atoms with van der Waals surface area (Å²) < 4.78 is 0. The number of para-hydroxylation sites is 1. The molecule has 136 valence electrons. The number of nitrogens with one attached hydrogen (secondary N) is 2. The molecule has 0 aliphatic rings. The predicted molar refractivity (Wildman–Crippen MR) is 111 cm³/mol. The van der Waals surface area contributed by atoms with Crippen molar-refractivity contribution in [3.05, 3.63) is 76.2 Å². The lowest BCUT2D eigenvalue weighted by atomic mass is 10.1. The van der Waals surface area contributed by atoms with Crippen molar-refractivity contribution in [1.82, 2.24) is 15.3 Å². The van der Waals surface area contributed by atoms with Gasteiger partial charge in [0.1, 0.15) is 5.01 Å². The quantitative estimate of drug-likeness (QED) is 0.513. The Labute approximate surface area is 162 Å². The third kappa shape index (κ3) is 3.78. The number of aromatic nitrogens is 2. The second-order valence-corrected chi connectivity index (χ2v) is 7.40. The Balaban J connectivity index is 1.47. The Morgan fingerprint density at radius 2 is 2.00 bits per heavy atom. The maximum Gasteiger partial charge on any atom is 0.227 e. The molecule has 0 spiro atoms. The lowest BCUT2D eigenvalue weighted by Crippen LogP contribution is -2.24. The number of hydrogen-bond donors (Lipinski definition) is 2. The van der Waals surface area contributed by atoms with Gasteiger partial charge in [0.2, 0.25) is 5.91 Å². The van der Waals surface area contributed by atoms with Crippen LogP contribution in [0, 0.1) is 0 Å². The van der Waals surface area contributed by atoms with E-state index in [1.165, 1.54) is 27.8 Å². The van der Waals surface area contributed by atoms with Gasteiger partial charge in [0, 0.05) is 34.6 Å². The number of carbonyl (C=O) groups is 1. The highest BCUT2D eigenvalue weighted by atomic mass is 32.1. The normalized spacial score (nSPS) is 11.0. The number of aryl methyl sites for hydroxylation is 1. The topological polar surface area (TPSA) is 57.8 Å². The van der Waals surface area contributed by atoms with E-state index in [9.17, 15) is 4.79 Å². The molecule has 0 atom stereocenters. The number of aromatic amines is 1. The van der Waals surface area contributed by atoms with Crippen molar-refractivity contribution >= 4 is 28.1 Å². The number of H-pyrrole nitrogens is 1. The van der Waals surface area contributed by atoms with Gasteiger partial charge in [-0.1, -0.05) is 55.5 Å². The minimum atomic E-state index is -0.00745. The summed E-state index contributed by atoms with van der Waals surface area (Å²) in [5.41, 5.74) is 5.58. The van der Waals surface area contributed by atoms with Gasteiger partial charge in [-0.05, 0) is 17.5 Å². The number of nitrogens with zero attached hydrogens (tertiary/aromatic N) is 1. The molecule has 4 nitrogen and oxygen atoms in total. The smallest absolute Gasteiger partial charge is 0.227 e. The number of amides is 1. The molecule has 5 heteroatoms. The highest BCUT2D eigenvalue weighted by Gasteiger charge is 2.13. The summed E-state index contributed by atoms with van der Waals surface area (Å²) >= 11 is 1.53. The first-order valence-corrected chi connectivity index (χ1v) is 9.97. The molecule has 0 radical (unpaired) electrons. The minimum Gasteiger partial charge on any atom is -0.360 e. The molecule has 1 amide bonds. The van der Waals surface area contributed by atoms with Crippen molar-refractivity contribution in [2.24, 2.45) is 0 Å². The summed E-state index contributed by atoms with van der Waals surface area (Å²) in [5, 5.41) is 7.00. The molecule has 0 fully saturated rings. The van der Waals surface area contributed by atoms with Crippen molar-refractivity contribution in [2.45, 2.75) is 26.3 Å². The highest BCUT2D eigenvalue weighted by Crippen LogP contribution is 2.31. The number of hydrogen-bond acceptors (Lipinski definition) is 3. The molecule has 4 aromatic rings. The van der Waals surface area contributed by atoms with Crippen molar-refractivity contribution in [2.75, 3.05) is 0 Å². The maximum atomic E-state index is 12.2. The Morgan fingerprint density at radius 1 is 1.15 bits per heavy atom. The molecule has 27 heavy (non-hydrogen) atoms. The van der Waals surface area contributed by atoms with Crippen molar-refractivity contribution < 1.29 is 4.79 Å². The van der Waals surface area contributed by atoms with Crippen molar-refractivity contribution in [1.29, 1.82) is 0 Å². The Bertz CT molecular complexity index is 1070. The lowest BCUT2D eigenvalue weighted by Gasteiger charge is -2.03. The summed E-state index contributed by atoms with van der Waals surface area (Å²) in [5.74, 6) is -0.00745. The van der Waals surface area contributed by atoms with Crippen LogP contribution in [0.2, 0.25) is 0 Å². The number of rotatable bonds is 6. The van der Waals surface area contributed by atoms with Crippen LogP contribution < -0.4 is 5.32 Å². The molecular formula is C22H21N3OS. The monoisotopic (exact) mass is 375 g/mol. The van der Waals surface area contributed by atoms with Crippen LogP contribution in [0.1, 0.15) is 23.1 Å². The fraction of sp³-hybridized carbons (Fsp3) is 0.182. The van der Waals surface area contributed by atoms with E-state index in [1.807, 2.05) is 41.9 Å². The third-order valence-corrected chi connectivity index (χ3v) is 5.50. The molecule has 0 saturated heterocycles. The van der Waals surface area contributed by atoms with Crippen molar-refractivity contribution in [3.8, 4) is 11.3 Å². The first-order chi connectivity index (χ1) is 13.2. The molecule has 2 heterocycles. The van der Waals surface area contributed by atoms with Gasteiger partial charge in [0.25, 0.3) is 0 Å². The molecule has 2 N–H and O–H groups in total. The van der Waals surface area contributed by atoms with E-state index in [0.717, 1.165) is 28.2 Å². The van der Waals surface area contributed by atoms with E-state index in [-0.39, 0.29) is 5.91 Å². The number of thiazole rings is 1. The van der Waals surface area contributed by atoms with Gasteiger partial charge in [0.05, 0.1) is 12.1 Å². The maximum absolute atomic E-state index is 12.2. The summed E-state index contributed by atoms with van der Waals surface area (Å²) in [6.45, 7) is 2.70. The summed E-state index contributed by atoms with van der Waals surface area (Å²) in [6, 6.07) is 16.3. The fourth-order valence-corrected chi connectivity index (χ4v) is 4.03. The number of fused-ring (bicyclic) bond motifs is 1. The second kappa shape index (κ2) is 7.76. The van der Waals surface area contributed by atoms with Gasteiger partial charge >= 0.3 is 0 Å². The Kier molecular flexibility index (Phi) is 5.03. The zero-order chi connectivity index (χ0) is 18.6. The average molecular weight is 375 g/mol.